The molecule has 3 aromatic rings. The molecule has 1 unspecified atom stereocenters. The minimum Gasteiger partial charge on any atom is -0.335 e. The van der Waals surface area contributed by atoms with Crippen LogP contribution in [-0.4, -0.2) is 54.8 Å². The Kier molecular flexibility index (Phi) is 4.53. The first kappa shape index (κ1) is 18.8. The summed E-state index contributed by atoms with van der Waals surface area (Å²) in [7, 11) is 0. The van der Waals surface area contributed by atoms with Crippen LogP contribution in [0, 0.1) is 6.92 Å². The molecule has 154 valence electrons. The standard InChI is InChI=1S/C23H25N5O2/c1-17-7-8-20-19(14-25-28(20)15-17)21(29)27-13-5-10-23(27)9-4-12-26(22(23)30)16-18-6-2-3-11-24-18/h2-3,6-8,11,14-15H,4-5,9-10,12-13,16H2,1H3. The van der Waals surface area contributed by atoms with Gasteiger partial charge in [-0.3, -0.25) is 14.6 Å². The van der Waals surface area contributed by atoms with Crippen molar-refractivity contribution in [3.63, 3.8) is 0 Å². The second kappa shape index (κ2) is 7.23. The number of aromatic nitrogens is 3. The van der Waals surface area contributed by atoms with E-state index < -0.39 is 5.54 Å². The van der Waals surface area contributed by atoms with Crippen LogP contribution in [0.25, 0.3) is 5.52 Å². The quantitative estimate of drug-likeness (QED) is 0.674. The van der Waals surface area contributed by atoms with Crippen molar-refractivity contribution in [2.45, 2.75) is 44.7 Å². The average Bonchev–Trinajstić information content (AvgIpc) is 3.36. The summed E-state index contributed by atoms with van der Waals surface area (Å²) in [5.74, 6) is -0.0445. The molecule has 2 aliphatic rings. The maximum atomic E-state index is 13.6. The van der Waals surface area contributed by atoms with E-state index in [1.807, 2.05) is 53.3 Å². The highest BCUT2D eigenvalue weighted by molar-refractivity contribution is 6.04. The minimum absolute atomic E-state index is 0.0533. The number of fused-ring (bicyclic) bond motifs is 1. The molecule has 0 aromatic carbocycles. The monoisotopic (exact) mass is 403 g/mol. The lowest BCUT2D eigenvalue weighted by Gasteiger charge is -2.44. The largest absolute Gasteiger partial charge is 0.335 e. The zero-order chi connectivity index (χ0) is 20.7. The van der Waals surface area contributed by atoms with Crippen LogP contribution in [0.5, 0.6) is 0 Å². The van der Waals surface area contributed by atoms with Crippen LogP contribution in [0.4, 0.5) is 0 Å². The Balaban J connectivity index is 1.45. The van der Waals surface area contributed by atoms with Gasteiger partial charge in [-0.25, -0.2) is 4.52 Å². The van der Waals surface area contributed by atoms with Crippen LogP contribution in [0.3, 0.4) is 0 Å². The number of nitrogens with zero attached hydrogens (tertiary/aromatic N) is 5. The van der Waals surface area contributed by atoms with Crippen molar-refractivity contribution in [1.29, 1.82) is 0 Å². The third-order valence-corrected chi connectivity index (χ3v) is 6.41. The molecule has 2 amide bonds. The number of aryl methyl sites for hydroxylation is 1. The fourth-order valence-corrected chi connectivity index (χ4v) is 4.96. The maximum Gasteiger partial charge on any atom is 0.258 e. The van der Waals surface area contributed by atoms with Crippen LogP contribution in [0.15, 0.2) is 48.9 Å². The van der Waals surface area contributed by atoms with Gasteiger partial charge >= 0.3 is 0 Å². The summed E-state index contributed by atoms with van der Waals surface area (Å²) in [6, 6.07) is 9.65. The van der Waals surface area contributed by atoms with Gasteiger partial charge in [-0.15, -0.1) is 0 Å². The van der Waals surface area contributed by atoms with Gasteiger partial charge in [0.25, 0.3) is 5.91 Å². The molecule has 5 heterocycles. The third kappa shape index (κ3) is 2.96. The van der Waals surface area contributed by atoms with Crippen LogP contribution in [0.2, 0.25) is 0 Å². The molecule has 0 N–H and O–H groups in total. The summed E-state index contributed by atoms with van der Waals surface area (Å²) in [5, 5.41) is 4.36. The predicted octanol–water partition coefficient (Wildman–Crippen LogP) is 2.84. The Bertz CT molecular complexity index is 1110. The van der Waals surface area contributed by atoms with Gasteiger partial charge in [-0.2, -0.15) is 5.10 Å². The summed E-state index contributed by atoms with van der Waals surface area (Å²) in [6.45, 7) is 3.79. The molecule has 5 rings (SSSR count). The SMILES string of the molecule is Cc1ccc2c(C(=O)N3CCCC34CCCN(Cc3ccccn3)C4=O)cnn2c1. The lowest BCUT2D eigenvalue weighted by Crippen LogP contribution is -2.61. The number of piperidine rings is 1. The Morgan fingerprint density at radius 2 is 1.97 bits per heavy atom. The van der Waals surface area contributed by atoms with Gasteiger partial charge in [0.15, 0.2) is 0 Å². The highest BCUT2D eigenvalue weighted by atomic mass is 16.2. The summed E-state index contributed by atoms with van der Waals surface area (Å²) in [4.78, 5) is 35.3. The van der Waals surface area contributed by atoms with Crippen molar-refractivity contribution in [3.05, 3.63) is 65.7 Å². The maximum absolute atomic E-state index is 13.6. The lowest BCUT2D eigenvalue weighted by molar-refractivity contribution is -0.146. The van der Waals surface area contributed by atoms with Crippen molar-refractivity contribution in [2.24, 2.45) is 0 Å². The van der Waals surface area contributed by atoms with E-state index in [0.717, 1.165) is 29.6 Å². The molecule has 30 heavy (non-hydrogen) atoms. The van der Waals surface area contributed by atoms with Gasteiger partial charge in [0.05, 0.1) is 29.5 Å². The van der Waals surface area contributed by atoms with E-state index in [1.54, 1.807) is 16.9 Å². The van der Waals surface area contributed by atoms with E-state index in [1.165, 1.54) is 0 Å². The number of carbonyl (C=O) groups excluding carboxylic acids is 2. The molecule has 2 fully saturated rings. The first-order valence-electron chi connectivity index (χ1n) is 10.5. The van der Waals surface area contributed by atoms with Gasteiger partial charge in [0.2, 0.25) is 5.91 Å². The minimum atomic E-state index is -0.747. The van der Waals surface area contributed by atoms with E-state index in [9.17, 15) is 9.59 Å². The molecule has 2 saturated heterocycles. The van der Waals surface area contributed by atoms with E-state index in [0.29, 0.717) is 38.0 Å². The number of rotatable bonds is 3. The predicted molar refractivity (Wildman–Crippen MR) is 112 cm³/mol. The zero-order valence-electron chi connectivity index (χ0n) is 17.1. The lowest BCUT2D eigenvalue weighted by atomic mass is 9.85. The van der Waals surface area contributed by atoms with Crippen molar-refractivity contribution in [2.75, 3.05) is 13.1 Å². The second-order valence-electron chi connectivity index (χ2n) is 8.34. The van der Waals surface area contributed by atoms with Crippen LogP contribution >= 0.6 is 0 Å². The van der Waals surface area contributed by atoms with Gasteiger partial charge in [-0.05, 0) is 56.4 Å². The van der Waals surface area contributed by atoms with Gasteiger partial charge < -0.3 is 9.80 Å². The Morgan fingerprint density at radius 1 is 1.13 bits per heavy atom. The molecular weight excluding hydrogens is 378 g/mol. The summed E-state index contributed by atoms with van der Waals surface area (Å²) >= 11 is 0. The summed E-state index contributed by atoms with van der Waals surface area (Å²) in [5.41, 5.74) is 2.54. The topological polar surface area (TPSA) is 70.8 Å². The highest BCUT2D eigenvalue weighted by Crippen LogP contribution is 2.39. The van der Waals surface area contributed by atoms with Crippen LogP contribution in [-0.2, 0) is 11.3 Å². The number of carbonyl (C=O) groups is 2. The molecule has 3 aromatic heterocycles. The summed E-state index contributed by atoms with van der Waals surface area (Å²) < 4.78 is 1.74. The average molecular weight is 403 g/mol. The molecule has 0 saturated carbocycles. The van der Waals surface area contributed by atoms with Crippen molar-refractivity contribution < 1.29 is 9.59 Å². The molecule has 0 bridgehead atoms. The number of pyridine rings is 2. The molecule has 2 aliphatic heterocycles. The van der Waals surface area contributed by atoms with Gasteiger partial charge in [-0.1, -0.05) is 12.1 Å². The molecule has 1 spiro atoms. The first-order valence-corrected chi connectivity index (χ1v) is 10.5. The van der Waals surface area contributed by atoms with Crippen molar-refractivity contribution in [3.8, 4) is 0 Å². The number of likely N-dealkylation sites (tertiary alicyclic amines) is 2. The van der Waals surface area contributed by atoms with Crippen LogP contribution < -0.4 is 0 Å². The number of amides is 2. The molecular formula is C23H25N5O2. The smallest absolute Gasteiger partial charge is 0.258 e. The van der Waals surface area contributed by atoms with Gasteiger partial charge in [0, 0.05) is 25.5 Å². The third-order valence-electron chi connectivity index (χ3n) is 6.41. The molecule has 0 aliphatic carbocycles. The molecule has 7 heteroatoms. The fraction of sp³-hybridized carbons (Fsp3) is 0.391. The Morgan fingerprint density at radius 3 is 2.77 bits per heavy atom. The molecule has 1 atom stereocenters. The molecule has 0 radical (unpaired) electrons. The molecule has 7 nitrogen and oxygen atoms in total. The Labute approximate surface area is 175 Å². The van der Waals surface area contributed by atoms with E-state index >= 15 is 0 Å². The number of hydrogen-bond donors (Lipinski definition) is 0. The normalized spacial score (nSPS) is 21.7. The zero-order valence-corrected chi connectivity index (χ0v) is 17.1. The van der Waals surface area contributed by atoms with Crippen molar-refractivity contribution >= 4 is 17.3 Å². The van der Waals surface area contributed by atoms with E-state index in [4.69, 9.17) is 0 Å². The van der Waals surface area contributed by atoms with Crippen LogP contribution in [0.1, 0.15) is 47.3 Å². The van der Waals surface area contributed by atoms with E-state index in [-0.39, 0.29) is 11.8 Å². The fourth-order valence-electron chi connectivity index (χ4n) is 4.96. The van der Waals surface area contributed by atoms with Gasteiger partial charge in [0.1, 0.15) is 5.54 Å². The first-order chi connectivity index (χ1) is 14.6. The Hall–Kier alpha value is -3.22. The van der Waals surface area contributed by atoms with E-state index in [2.05, 4.69) is 10.1 Å². The number of hydrogen-bond acceptors (Lipinski definition) is 4. The summed E-state index contributed by atoms with van der Waals surface area (Å²) in [6.07, 6.45) is 8.44. The second-order valence-corrected chi connectivity index (χ2v) is 8.34. The van der Waals surface area contributed by atoms with Crippen molar-refractivity contribution in [1.82, 2.24) is 24.4 Å². The highest BCUT2D eigenvalue weighted by Gasteiger charge is 2.53.